The smallest absolute Gasteiger partial charge is 0.220 e. The molecule has 21 heavy (non-hydrogen) atoms. The summed E-state index contributed by atoms with van der Waals surface area (Å²) in [4.78, 5) is 11.9. The van der Waals surface area contributed by atoms with Crippen LogP contribution in [0.5, 0.6) is 0 Å². The van der Waals surface area contributed by atoms with Crippen LogP contribution in [-0.2, 0) is 11.2 Å². The number of carbonyl (C=O) groups excluding carboxylic acids is 1. The highest BCUT2D eigenvalue weighted by molar-refractivity contribution is 5.76. The SMILES string of the molecule is O=C(CCc1ccc(F)cc1)NC(CO)c1ccccc1. The van der Waals surface area contributed by atoms with Gasteiger partial charge in [0.2, 0.25) is 5.91 Å². The lowest BCUT2D eigenvalue weighted by molar-refractivity contribution is -0.122. The van der Waals surface area contributed by atoms with Crippen molar-refractivity contribution in [3.8, 4) is 0 Å². The third-order valence-corrected chi connectivity index (χ3v) is 3.27. The molecule has 0 aliphatic rings. The van der Waals surface area contributed by atoms with E-state index in [1.807, 2.05) is 30.3 Å². The van der Waals surface area contributed by atoms with Gasteiger partial charge in [-0.15, -0.1) is 0 Å². The Hall–Kier alpha value is -2.20. The van der Waals surface area contributed by atoms with E-state index in [2.05, 4.69) is 5.32 Å². The van der Waals surface area contributed by atoms with Crippen molar-refractivity contribution in [1.82, 2.24) is 5.32 Å². The normalized spacial score (nSPS) is 11.9. The number of rotatable bonds is 6. The van der Waals surface area contributed by atoms with Crippen molar-refractivity contribution in [1.29, 1.82) is 0 Å². The summed E-state index contributed by atoms with van der Waals surface area (Å²) >= 11 is 0. The van der Waals surface area contributed by atoms with Crippen LogP contribution in [0.15, 0.2) is 54.6 Å². The fourth-order valence-electron chi connectivity index (χ4n) is 2.10. The van der Waals surface area contributed by atoms with Crippen molar-refractivity contribution in [3.05, 3.63) is 71.5 Å². The lowest BCUT2D eigenvalue weighted by atomic mass is 10.1. The minimum Gasteiger partial charge on any atom is -0.394 e. The summed E-state index contributed by atoms with van der Waals surface area (Å²) in [6, 6.07) is 15.0. The Morgan fingerprint density at radius 2 is 1.76 bits per heavy atom. The van der Waals surface area contributed by atoms with E-state index in [0.29, 0.717) is 12.8 Å². The summed E-state index contributed by atoms with van der Waals surface area (Å²) in [5, 5.41) is 12.2. The van der Waals surface area contributed by atoms with Crippen LogP contribution in [0.2, 0.25) is 0 Å². The third-order valence-electron chi connectivity index (χ3n) is 3.27. The molecule has 2 aromatic rings. The summed E-state index contributed by atoms with van der Waals surface area (Å²) < 4.78 is 12.8. The van der Waals surface area contributed by atoms with Gasteiger partial charge in [-0.05, 0) is 29.7 Å². The molecule has 3 nitrogen and oxygen atoms in total. The molecule has 0 bridgehead atoms. The summed E-state index contributed by atoms with van der Waals surface area (Å²) in [5.74, 6) is -0.421. The second-order valence-electron chi connectivity index (χ2n) is 4.84. The largest absolute Gasteiger partial charge is 0.394 e. The number of hydrogen-bond donors (Lipinski definition) is 2. The van der Waals surface area contributed by atoms with Gasteiger partial charge in [0.1, 0.15) is 5.82 Å². The average molecular weight is 287 g/mol. The zero-order chi connectivity index (χ0) is 15.1. The van der Waals surface area contributed by atoms with Crippen LogP contribution in [0.25, 0.3) is 0 Å². The van der Waals surface area contributed by atoms with Gasteiger partial charge < -0.3 is 10.4 Å². The van der Waals surface area contributed by atoms with Gasteiger partial charge in [0.25, 0.3) is 0 Å². The number of aliphatic hydroxyl groups is 1. The van der Waals surface area contributed by atoms with Crippen LogP contribution in [0.3, 0.4) is 0 Å². The lowest BCUT2D eigenvalue weighted by Crippen LogP contribution is -2.30. The molecule has 2 rings (SSSR count). The molecular formula is C17H18FNO2. The first-order valence-electron chi connectivity index (χ1n) is 6.88. The predicted octanol–water partition coefficient (Wildman–Crippen LogP) is 2.61. The van der Waals surface area contributed by atoms with E-state index in [9.17, 15) is 14.3 Å². The number of carbonyl (C=O) groups is 1. The first-order chi connectivity index (χ1) is 10.2. The second kappa shape index (κ2) is 7.55. The minimum absolute atomic E-state index is 0.137. The monoisotopic (exact) mass is 287 g/mol. The molecule has 1 atom stereocenters. The molecule has 110 valence electrons. The van der Waals surface area contributed by atoms with Gasteiger partial charge in [-0.2, -0.15) is 0 Å². The van der Waals surface area contributed by atoms with E-state index in [0.717, 1.165) is 11.1 Å². The van der Waals surface area contributed by atoms with Gasteiger partial charge in [-0.25, -0.2) is 4.39 Å². The second-order valence-corrected chi connectivity index (χ2v) is 4.84. The Morgan fingerprint density at radius 3 is 2.38 bits per heavy atom. The highest BCUT2D eigenvalue weighted by atomic mass is 19.1. The van der Waals surface area contributed by atoms with Crippen LogP contribution in [-0.4, -0.2) is 17.6 Å². The number of benzene rings is 2. The Bertz CT molecular complexity index is 569. The predicted molar refractivity (Wildman–Crippen MR) is 79.1 cm³/mol. The van der Waals surface area contributed by atoms with Crippen molar-refractivity contribution in [3.63, 3.8) is 0 Å². The highest BCUT2D eigenvalue weighted by Gasteiger charge is 2.13. The van der Waals surface area contributed by atoms with Crippen LogP contribution >= 0.6 is 0 Å². The van der Waals surface area contributed by atoms with Crippen LogP contribution in [0, 0.1) is 5.82 Å². The Morgan fingerprint density at radius 1 is 1.10 bits per heavy atom. The van der Waals surface area contributed by atoms with Gasteiger partial charge in [0.15, 0.2) is 0 Å². The fraction of sp³-hybridized carbons (Fsp3) is 0.235. The molecule has 2 N–H and O–H groups in total. The molecule has 0 aliphatic carbocycles. The number of nitrogens with one attached hydrogen (secondary N) is 1. The fourth-order valence-corrected chi connectivity index (χ4v) is 2.10. The molecule has 1 amide bonds. The zero-order valence-corrected chi connectivity index (χ0v) is 11.6. The summed E-state index contributed by atoms with van der Waals surface area (Å²) in [5.41, 5.74) is 1.78. The van der Waals surface area contributed by atoms with E-state index in [4.69, 9.17) is 0 Å². The maximum Gasteiger partial charge on any atom is 0.220 e. The molecule has 0 aliphatic heterocycles. The van der Waals surface area contributed by atoms with Crippen LogP contribution in [0.4, 0.5) is 4.39 Å². The van der Waals surface area contributed by atoms with Crippen molar-refractivity contribution >= 4 is 5.91 Å². The molecule has 0 saturated carbocycles. The standard InChI is InChI=1S/C17H18FNO2/c18-15-9-6-13(7-10-15)8-11-17(21)19-16(12-20)14-4-2-1-3-5-14/h1-7,9-10,16,20H,8,11-12H2,(H,19,21). The quantitative estimate of drug-likeness (QED) is 0.858. The third kappa shape index (κ3) is 4.68. The van der Waals surface area contributed by atoms with E-state index in [1.54, 1.807) is 12.1 Å². The summed E-state index contributed by atoms with van der Waals surface area (Å²) in [7, 11) is 0. The van der Waals surface area contributed by atoms with Crippen molar-refractivity contribution < 1.29 is 14.3 Å². The average Bonchev–Trinajstić information content (AvgIpc) is 2.53. The molecule has 0 aromatic heterocycles. The molecule has 0 heterocycles. The molecule has 2 aromatic carbocycles. The molecule has 0 saturated heterocycles. The molecule has 0 radical (unpaired) electrons. The van der Waals surface area contributed by atoms with E-state index in [1.165, 1.54) is 12.1 Å². The van der Waals surface area contributed by atoms with Gasteiger partial charge in [0.05, 0.1) is 12.6 Å². The van der Waals surface area contributed by atoms with Crippen molar-refractivity contribution in [2.24, 2.45) is 0 Å². The van der Waals surface area contributed by atoms with Gasteiger partial charge in [-0.1, -0.05) is 42.5 Å². The Kier molecular flexibility index (Phi) is 5.46. The van der Waals surface area contributed by atoms with Gasteiger partial charge in [-0.3, -0.25) is 4.79 Å². The maximum atomic E-state index is 12.8. The van der Waals surface area contributed by atoms with E-state index >= 15 is 0 Å². The Labute approximate surface area is 123 Å². The van der Waals surface area contributed by atoms with E-state index in [-0.39, 0.29) is 18.3 Å². The number of hydrogen-bond acceptors (Lipinski definition) is 2. The Balaban J connectivity index is 1.87. The summed E-state index contributed by atoms with van der Waals surface area (Å²) in [6.45, 7) is -0.147. The van der Waals surface area contributed by atoms with Crippen molar-refractivity contribution in [2.75, 3.05) is 6.61 Å². The molecule has 4 heteroatoms. The molecule has 0 fully saturated rings. The van der Waals surface area contributed by atoms with Crippen molar-refractivity contribution in [2.45, 2.75) is 18.9 Å². The van der Waals surface area contributed by atoms with Crippen LogP contribution in [0.1, 0.15) is 23.6 Å². The lowest BCUT2D eigenvalue weighted by Gasteiger charge is -2.16. The number of aryl methyl sites for hydroxylation is 1. The summed E-state index contributed by atoms with van der Waals surface area (Å²) in [6.07, 6.45) is 0.841. The minimum atomic E-state index is -0.396. The highest BCUT2D eigenvalue weighted by Crippen LogP contribution is 2.12. The number of aliphatic hydroxyl groups excluding tert-OH is 1. The van der Waals surface area contributed by atoms with E-state index < -0.39 is 6.04 Å². The van der Waals surface area contributed by atoms with Gasteiger partial charge >= 0.3 is 0 Å². The van der Waals surface area contributed by atoms with Gasteiger partial charge in [0, 0.05) is 6.42 Å². The van der Waals surface area contributed by atoms with Crippen LogP contribution < -0.4 is 5.32 Å². The maximum absolute atomic E-state index is 12.8. The molecule has 0 spiro atoms. The first kappa shape index (κ1) is 15.2. The topological polar surface area (TPSA) is 49.3 Å². The number of halogens is 1. The number of amides is 1. The molecular weight excluding hydrogens is 269 g/mol. The molecule has 1 unspecified atom stereocenters. The first-order valence-corrected chi connectivity index (χ1v) is 6.88. The zero-order valence-electron chi connectivity index (χ0n) is 11.6.